The fourth-order valence-corrected chi connectivity index (χ4v) is 5.09. The Labute approximate surface area is 248 Å². The van der Waals surface area contributed by atoms with Crippen LogP contribution in [0.15, 0.2) is 84.9 Å². The average Bonchev–Trinajstić information content (AvgIpc) is 2.99. The average molecular weight is 607 g/mol. The first-order chi connectivity index (χ1) is 20.6. The molecule has 0 aliphatic heterocycles. The van der Waals surface area contributed by atoms with Gasteiger partial charge in [0.25, 0.3) is 0 Å². The summed E-state index contributed by atoms with van der Waals surface area (Å²) in [4.78, 5) is 36.0. The molecule has 0 aromatic heterocycles. The molecule has 4 aromatic rings. The molecule has 11 heteroatoms. The quantitative estimate of drug-likeness (QED) is 0.110. The van der Waals surface area contributed by atoms with Crippen LogP contribution >= 0.6 is 7.82 Å². The van der Waals surface area contributed by atoms with E-state index in [4.69, 9.17) is 18.5 Å². The van der Waals surface area contributed by atoms with Crippen LogP contribution in [0.25, 0.3) is 0 Å². The van der Waals surface area contributed by atoms with Crippen LogP contribution in [0.3, 0.4) is 0 Å². The number of hydrogen-bond acceptors (Lipinski definition) is 9. The van der Waals surface area contributed by atoms with Crippen molar-refractivity contribution in [3.63, 3.8) is 0 Å². The third-order valence-electron chi connectivity index (χ3n) is 6.52. The summed E-state index contributed by atoms with van der Waals surface area (Å²) in [6.07, 6.45) is 1.07. The van der Waals surface area contributed by atoms with Gasteiger partial charge in [-0.15, -0.1) is 0 Å². The molecule has 0 atom stereocenters. The number of phenols is 2. The molecule has 0 spiro atoms. The highest BCUT2D eigenvalue weighted by Gasteiger charge is 2.26. The first-order valence-corrected chi connectivity index (χ1v) is 14.8. The van der Waals surface area contributed by atoms with E-state index in [1.807, 2.05) is 0 Å². The van der Waals surface area contributed by atoms with Crippen molar-refractivity contribution >= 4 is 19.4 Å². The minimum atomic E-state index is -4.69. The molecular weight excluding hydrogens is 575 g/mol. The summed E-state index contributed by atoms with van der Waals surface area (Å²) in [6.45, 7) is 0. The first-order valence-electron chi connectivity index (χ1n) is 13.3. The van der Waals surface area contributed by atoms with E-state index in [0.29, 0.717) is 24.3 Å². The monoisotopic (exact) mass is 606 g/mol. The number of ether oxygens (including phenoxy) is 2. The molecule has 4 rings (SSSR count). The van der Waals surface area contributed by atoms with Gasteiger partial charge in [-0.25, -0.2) is 4.57 Å². The second-order valence-corrected chi connectivity index (χ2v) is 10.9. The van der Waals surface area contributed by atoms with Crippen LogP contribution in [0.2, 0.25) is 0 Å². The number of methoxy groups -OCH3 is 2. The van der Waals surface area contributed by atoms with Crippen molar-refractivity contribution in [2.75, 3.05) is 14.2 Å². The molecule has 0 amide bonds. The summed E-state index contributed by atoms with van der Waals surface area (Å²) in [5, 5.41) is 19.5. The van der Waals surface area contributed by atoms with Crippen LogP contribution in [0.4, 0.5) is 0 Å². The number of rotatable bonds is 14. The first kappa shape index (κ1) is 31.2. The minimum Gasteiger partial charge on any atom is -0.504 e. The molecule has 0 aliphatic carbocycles. The number of carbonyl (C=O) groups is 2. The lowest BCUT2D eigenvalue weighted by Crippen LogP contribution is -2.04. The van der Waals surface area contributed by atoms with Gasteiger partial charge in [0.05, 0.1) is 14.2 Å². The number of phenolic OH excluding ortho intramolecular Hbond substituents is 2. The predicted molar refractivity (Wildman–Crippen MR) is 159 cm³/mol. The normalized spacial score (nSPS) is 11.0. The second kappa shape index (κ2) is 13.9. The minimum absolute atomic E-state index is 0.00314. The predicted octanol–water partition coefficient (Wildman–Crippen LogP) is 6.30. The number of Topliss-reactive ketones (excluding diaryl/α,β-unsaturated/α-hetero) is 2. The maximum atomic E-state index is 12.8. The van der Waals surface area contributed by atoms with Gasteiger partial charge in [0.15, 0.2) is 34.6 Å². The van der Waals surface area contributed by atoms with Crippen LogP contribution in [0.1, 0.15) is 44.7 Å². The molecule has 0 heterocycles. The van der Waals surface area contributed by atoms with Crippen LogP contribution < -0.4 is 18.5 Å². The highest BCUT2D eigenvalue weighted by atomic mass is 31.2. The van der Waals surface area contributed by atoms with Gasteiger partial charge in [-0.1, -0.05) is 36.4 Å². The van der Waals surface area contributed by atoms with Crippen LogP contribution in [-0.2, 0) is 17.4 Å². The molecule has 0 saturated carbocycles. The van der Waals surface area contributed by atoms with Gasteiger partial charge in [0.1, 0.15) is 11.5 Å². The smallest absolute Gasteiger partial charge is 0.504 e. The van der Waals surface area contributed by atoms with Gasteiger partial charge in [-0.2, -0.15) is 0 Å². The molecule has 43 heavy (non-hydrogen) atoms. The molecule has 4 aromatic carbocycles. The van der Waals surface area contributed by atoms with Crippen molar-refractivity contribution in [2.45, 2.75) is 25.7 Å². The maximum Gasteiger partial charge on any atom is 0.584 e. The number of aryl methyl sites for hydroxylation is 2. The molecule has 0 unspecified atom stereocenters. The molecule has 0 bridgehead atoms. The Morgan fingerprint density at radius 1 is 0.651 bits per heavy atom. The van der Waals surface area contributed by atoms with E-state index in [2.05, 4.69) is 0 Å². The third-order valence-corrected chi connectivity index (χ3v) is 7.41. The van der Waals surface area contributed by atoms with E-state index in [1.165, 1.54) is 62.8 Å². The zero-order chi connectivity index (χ0) is 31.0. The lowest BCUT2D eigenvalue weighted by Gasteiger charge is -2.15. The number of benzene rings is 4. The summed E-state index contributed by atoms with van der Waals surface area (Å²) >= 11 is 0. The van der Waals surface area contributed by atoms with E-state index in [0.717, 1.165) is 11.1 Å². The van der Waals surface area contributed by atoms with Crippen molar-refractivity contribution < 1.29 is 47.8 Å². The molecular formula is C32H31O10P. The Balaban J connectivity index is 1.35. The zero-order valence-electron chi connectivity index (χ0n) is 23.6. The fourth-order valence-electron chi connectivity index (χ4n) is 4.30. The molecule has 0 fully saturated rings. The SMILES string of the molecule is COc1cc(CCC(=O)c2cccc(OP(=O)(O)Oc3cccc(C(=O)CCc4ccc(O)c(OC)c4)c3)c2)ccc1O. The van der Waals surface area contributed by atoms with Gasteiger partial charge in [-0.05, 0) is 72.5 Å². The highest BCUT2D eigenvalue weighted by Crippen LogP contribution is 2.44. The van der Waals surface area contributed by atoms with E-state index in [1.54, 1.807) is 36.4 Å². The van der Waals surface area contributed by atoms with Crippen LogP contribution in [-0.4, -0.2) is 40.9 Å². The Morgan fingerprint density at radius 3 is 1.47 bits per heavy atom. The van der Waals surface area contributed by atoms with Crippen molar-refractivity contribution in [1.29, 1.82) is 0 Å². The number of aromatic hydroxyl groups is 2. The van der Waals surface area contributed by atoms with Gasteiger partial charge in [0, 0.05) is 24.0 Å². The molecule has 0 radical (unpaired) electrons. The summed E-state index contributed by atoms with van der Waals surface area (Å²) in [5.41, 5.74) is 2.15. The summed E-state index contributed by atoms with van der Waals surface area (Å²) in [7, 11) is -1.81. The highest BCUT2D eigenvalue weighted by molar-refractivity contribution is 7.48. The molecule has 10 nitrogen and oxygen atoms in total. The van der Waals surface area contributed by atoms with Crippen molar-refractivity contribution in [3.8, 4) is 34.5 Å². The lowest BCUT2D eigenvalue weighted by atomic mass is 10.0. The topological polar surface area (TPSA) is 149 Å². The van der Waals surface area contributed by atoms with Gasteiger partial charge >= 0.3 is 7.82 Å². The molecule has 0 aliphatic rings. The van der Waals surface area contributed by atoms with Crippen molar-refractivity contribution in [2.24, 2.45) is 0 Å². The molecule has 3 N–H and O–H groups in total. The standard InChI is InChI=1S/C32H31O10P/c1-39-31-17-21(11-15-29(31)35)9-13-27(33)23-5-3-7-25(19-23)41-43(37,38)42-26-8-4-6-24(20-26)28(34)14-10-22-12-16-30(36)32(18-22)40-2/h3-8,11-12,15-20,35-36H,9-10,13-14H2,1-2H3,(H,37,38). The lowest BCUT2D eigenvalue weighted by molar-refractivity contribution is 0.0974. The van der Waals surface area contributed by atoms with Gasteiger partial charge in [0.2, 0.25) is 0 Å². The van der Waals surface area contributed by atoms with Crippen LogP contribution in [0.5, 0.6) is 34.5 Å². The number of carbonyl (C=O) groups excluding carboxylic acids is 2. The summed E-state index contributed by atoms with van der Waals surface area (Å²) in [5.74, 6) is 0.102. The Kier molecular flexibility index (Phi) is 10.1. The van der Waals surface area contributed by atoms with E-state index < -0.39 is 7.82 Å². The van der Waals surface area contributed by atoms with Crippen molar-refractivity contribution in [1.82, 2.24) is 0 Å². The Bertz CT molecular complexity index is 1550. The summed E-state index contributed by atoms with van der Waals surface area (Å²) < 4.78 is 33.4. The molecule has 224 valence electrons. The third kappa shape index (κ3) is 8.61. The van der Waals surface area contributed by atoms with Gasteiger partial charge in [-0.3, -0.25) is 14.5 Å². The Hall–Kier alpha value is -4.79. The fraction of sp³-hybridized carbons (Fsp3) is 0.188. The van der Waals surface area contributed by atoms with E-state index >= 15 is 0 Å². The van der Waals surface area contributed by atoms with Crippen molar-refractivity contribution in [3.05, 3.63) is 107 Å². The number of phosphoric acid groups is 1. The van der Waals surface area contributed by atoms with E-state index in [-0.39, 0.29) is 58.5 Å². The van der Waals surface area contributed by atoms with E-state index in [9.17, 15) is 29.3 Å². The maximum absolute atomic E-state index is 12.8. The van der Waals surface area contributed by atoms with Crippen LogP contribution in [0, 0.1) is 0 Å². The number of ketones is 2. The Morgan fingerprint density at radius 2 is 1.07 bits per heavy atom. The number of hydrogen-bond donors (Lipinski definition) is 3. The second-order valence-electron chi connectivity index (χ2n) is 9.57. The van der Waals surface area contributed by atoms with Gasteiger partial charge < -0.3 is 28.7 Å². The molecule has 0 saturated heterocycles. The zero-order valence-corrected chi connectivity index (χ0v) is 24.5. The summed E-state index contributed by atoms with van der Waals surface area (Å²) in [6, 6.07) is 21.4. The largest absolute Gasteiger partial charge is 0.584 e. The number of phosphoric ester groups is 1.